The normalized spacial score (nSPS) is 22.7. The number of carbonyl (C=O) groups is 2. The second-order valence-electron chi connectivity index (χ2n) is 5.40. The van der Waals surface area contributed by atoms with Crippen molar-refractivity contribution in [1.29, 1.82) is 0 Å². The molecule has 2 unspecified atom stereocenters. The molecule has 1 aromatic rings. The van der Waals surface area contributed by atoms with E-state index in [1.165, 1.54) is 11.0 Å². The molecule has 1 saturated heterocycles. The Kier molecular flexibility index (Phi) is 4.77. The molecule has 2 heterocycles. The zero-order chi connectivity index (χ0) is 15.4. The van der Waals surface area contributed by atoms with Gasteiger partial charge in [-0.1, -0.05) is 13.3 Å². The van der Waals surface area contributed by atoms with Gasteiger partial charge in [-0.2, -0.15) is 5.10 Å². The van der Waals surface area contributed by atoms with Crippen molar-refractivity contribution in [2.75, 3.05) is 6.54 Å². The van der Waals surface area contributed by atoms with Crippen molar-refractivity contribution < 1.29 is 14.7 Å². The van der Waals surface area contributed by atoms with Crippen LogP contribution in [0.4, 0.5) is 0 Å². The van der Waals surface area contributed by atoms with Crippen molar-refractivity contribution in [1.82, 2.24) is 14.7 Å². The number of carboxylic acids is 1. The Hall–Kier alpha value is -2.11. The summed E-state index contributed by atoms with van der Waals surface area (Å²) in [5.41, 5.74) is 0.804. The number of nitrogens with zero attached hydrogens (tertiary/aromatic N) is 3. The van der Waals surface area contributed by atoms with Gasteiger partial charge in [0, 0.05) is 25.9 Å². The number of amides is 1. The number of piperidine rings is 1. The molecule has 0 saturated carbocycles. The van der Waals surface area contributed by atoms with Crippen LogP contribution >= 0.6 is 0 Å². The molecule has 1 N–H and O–H groups in total. The van der Waals surface area contributed by atoms with Crippen molar-refractivity contribution >= 4 is 18.0 Å². The van der Waals surface area contributed by atoms with E-state index in [0.717, 1.165) is 18.5 Å². The average molecular weight is 291 g/mol. The summed E-state index contributed by atoms with van der Waals surface area (Å²) in [7, 11) is 1.79. The van der Waals surface area contributed by atoms with E-state index >= 15 is 0 Å². The summed E-state index contributed by atoms with van der Waals surface area (Å²) in [4.78, 5) is 25.1. The molecule has 0 spiro atoms. The fourth-order valence-electron chi connectivity index (χ4n) is 2.71. The molecule has 1 fully saturated rings. The Balaban J connectivity index is 2.08. The van der Waals surface area contributed by atoms with Gasteiger partial charge < -0.3 is 10.0 Å². The Morgan fingerprint density at radius 1 is 1.52 bits per heavy atom. The zero-order valence-corrected chi connectivity index (χ0v) is 12.4. The molecule has 1 aliphatic heterocycles. The van der Waals surface area contributed by atoms with Crippen LogP contribution in [0.3, 0.4) is 0 Å². The molecule has 6 nitrogen and oxygen atoms in total. The third-order valence-corrected chi connectivity index (χ3v) is 4.11. The number of hydrogen-bond donors (Lipinski definition) is 1. The van der Waals surface area contributed by atoms with Crippen LogP contribution in [0.1, 0.15) is 31.9 Å². The van der Waals surface area contributed by atoms with Gasteiger partial charge in [-0.05, 0) is 30.9 Å². The van der Waals surface area contributed by atoms with Crippen LogP contribution in [0.25, 0.3) is 6.08 Å². The Bertz CT molecular complexity index is 550. The topological polar surface area (TPSA) is 75.4 Å². The third kappa shape index (κ3) is 3.51. The summed E-state index contributed by atoms with van der Waals surface area (Å²) in [6, 6.07) is 1.08. The van der Waals surface area contributed by atoms with Gasteiger partial charge in [0.2, 0.25) is 5.91 Å². The maximum Gasteiger partial charge on any atom is 0.326 e. The summed E-state index contributed by atoms with van der Waals surface area (Å²) in [5.74, 6) is -0.787. The van der Waals surface area contributed by atoms with Gasteiger partial charge in [-0.3, -0.25) is 9.48 Å². The quantitative estimate of drug-likeness (QED) is 0.854. The molecule has 0 aliphatic carbocycles. The number of carboxylic acid groups (broad SMARTS) is 1. The lowest BCUT2D eigenvalue weighted by Gasteiger charge is -2.36. The second kappa shape index (κ2) is 6.56. The Morgan fingerprint density at radius 2 is 2.29 bits per heavy atom. The van der Waals surface area contributed by atoms with Gasteiger partial charge in [0.05, 0.1) is 5.69 Å². The largest absolute Gasteiger partial charge is 0.480 e. The number of aliphatic carboxylic acids is 1. The maximum absolute atomic E-state index is 12.3. The summed E-state index contributed by atoms with van der Waals surface area (Å²) in [6.45, 7) is 2.56. The average Bonchev–Trinajstić information content (AvgIpc) is 2.89. The highest BCUT2D eigenvalue weighted by molar-refractivity contribution is 5.94. The highest BCUT2D eigenvalue weighted by Crippen LogP contribution is 2.25. The van der Waals surface area contributed by atoms with Crippen LogP contribution < -0.4 is 0 Å². The smallest absolute Gasteiger partial charge is 0.326 e. The van der Waals surface area contributed by atoms with E-state index in [1.54, 1.807) is 30.1 Å². The standard InChI is InChI=1S/C15H21N3O3/c1-3-11-7-9-18(13(10-11)15(20)21)14(19)5-4-12-6-8-16-17(12)2/h4-6,8,11,13H,3,7,9-10H2,1-2H3,(H,20,21)/b5-4+. The molecule has 114 valence electrons. The predicted octanol–water partition coefficient (Wildman–Crippen LogP) is 1.54. The SMILES string of the molecule is CCC1CCN(C(=O)/C=C/c2ccnn2C)C(C(=O)O)C1. The summed E-state index contributed by atoms with van der Waals surface area (Å²) in [6.07, 6.45) is 7.11. The number of hydrogen-bond acceptors (Lipinski definition) is 3. The van der Waals surface area contributed by atoms with Crippen LogP contribution in [0, 0.1) is 5.92 Å². The minimum Gasteiger partial charge on any atom is -0.480 e. The monoisotopic (exact) mass is 291 g/mol. The van der Waals surface area contributed by atoms with Gasteiger partial charge in [-0.15, -0.1) is 0 Å². The van der Waals surface area contributed by atoms with Gasteiger partial charge in [-0.25, -0.2) is 4.79 Å². The molecule has 0 aromatic carbocycles. The Labute approximate surface area is 124 Å². The molecule has 1 aromatic heterocycles. The van der Waals surface area contributed by atoms with Crippen molar-refractivity contribution in [3.05, 3.63) is 24.0 Å². The molecular weight excluding hydrogens is 270 g/mol. The first-order chi connectivity index (χ1) is 10.0. The third-order valence-electron chi connectivity index (χ3n) is 4.11. The first-order valence-electron chi connectivity index (χ1n) is 7.22. The van der Waals surface area contributed by atoms with Gasteiger partial charge in [0.1, 0.15) is 6.04 Å². The fourth-order valence-corrected chi connectivity index (χ4v) is 2.71. The van der Waals surface area contributed by atoms with Gasteiger partial charge in [0.25, 0.3) is 0 Å². The van der Waals surface area contributed by atoms with Crippen molar-refractivity contribution in [2.24, 2.45) is 13.0 Å². The van der Waals surface area contributed by atoms with E-state index in [2.05, 4.69) is 12.0 Å². The lowest BCUT2D eigenvalue weighted by Crippen LogP contribution is -2.49. The molecule has 6 heteroatoms. The molecule has 2 rings (SSSR count). The first-order valence-corrected chi connectivity index (χ1v) is 7.22. The number of likely N-dealkylation sites (tertiary alicyclic amines) is 1. The van der Waals surface area contributed by atoms with E-state index in [1.807, 2.05) is 0 Å². The van der Waals surface area contributed by atoms with E-state index in [4.69, 9.17) is 0 Å². The van der Waals surface area contributed by atoms with Crippen molar-refractivity contribution in [3.8, 4) is 0 Å². The van der Waals surface area contributed by atoms with Crippen molar-refractivity contribution in [3.63, 3.8) is 0 Å². The Morgan fingerprint density at radius 3 is 2.86 bits per heavy atom. The highest BCUT2D eigenvalue weighted by atomic mass is 16.4. The number of rotatable bonds is 4. The van der Waals surface area contributed by atoms with E-state index < -0.39 is 12.0 Å². The molecular formula is C15H21N3O3. The van der Waals surface area contributed by atoms with Gasteiger partial charge >= 0.3 is 5.97 Å². The van der Waals surface area contributed by atoms with Crippen LogP contribution in [0.5, 0.6) is 0 Å². The molecule has 0 radical (unpaired) electrons. The first kappa shape index (κ1) is 15.3. The van der Waals surface area contributed by atoms with Crippen LogP contribution in [-0.2, 0) is 16.6 Å². The maximum atomic E-state index is 12.3. The molecule has 21 heavy (non-hydrogen) atoms. The molecule has 1 amide bonds. The lowest BCUT2D eigenvalue weighted by molar-refractivity contribution is -0.151. The van der Waals surface area contributed by atoms with E-state index in [0.29, 0.717) is 18.9 Å². The molecule has 2 atom stereocenters. The number of carbonyl (C=O) groups excluding carboxylic acids is 1. The second-order valence-corrected chi connectivity index (χ2v) is 5.40. The number of aryl methyl sites for hydroxylation is 1. The molecule has 1 aliphatic rings. The number of aromatic nitrogens is 2. The lowest BCUT2D eigenvalue weighted by atomic mass is 9.89. The van der Waals surface area contributed by atoms with Crippen molar-refractivity contribution in [2.45, 2.75) is 32.2 Å². The summed E-state index contributed by atoms with van der Waals surface area (Å²) < 4.78 is 1.65. The molecule has 0 bridgehead atoms. The highest BCUT2D eigenvalue weighted by Gasteiger charge is 2.34. The minimum absolute atomic E-state index is 0.252. The van der Waals surface area contributed by atoms with Crippen LogP contribution in [0.2, 0.25) is 0 Å². The minimum atomic E-state index is -0.921. The van der Waals surface area contributed by atoms with E-state index in [-0.39, 0.29) is 5.91 Å². The van der Waals surface area contributed by atoms with Crippen LogP contribution in [0.15, 0.2) is 18.3 Å². The fraction of sp³-hybridized carbons (Fsp3) is 0.533. The van der Waals surface area contributed by atoms with Gasteiger partial charge in [0.15, 0.2) is 0 Å². The predicted molar refractivity (Wildman–Crippen MR) is 78.4 cm³/mol. The summed E-state index contributed by atoms with van der Waals surface area (Å²) >= 11 is 0. The van der Waals surface area contributed by atoms with E-state index in [9.17, 15) is 14.7 Å². The zero-order valence-electron chi connectivity index (χ0n) is 12.4. The summed E-state index contributed by atoms with van der Waals surface area (Å²) in [5, 5.41) is 13.4. The van der Waals surface area contributed by atoms with Crippen LogP contribution in [-0.4, -0.2) is 44.3 Å².